The van der Waals surface area contributed by atoms with Crippen molar-refractivity contribution in [2.75, 3.05) is 43.0 Å². The van der Waals surface area contributed by atoms with Crippen LogP contribution in [0.2, 0.25) is 5.02 Å². The molecule has 1 aliphatic carbocycles. The molecular formula is C29H30ClF3N4O3. The molecule has 2 fully saturated rings. The third-order valence-corrected chi connectivity index (χ3v) is 7.91. The molecule has 1 aliphatic heterocycles. The van der Waals surface area contributed by atoms with Gasteiger partial charge in [0.1, 0.15) is 12.3 Å². The van der Waals surface area contributed by atoms with E-state index in [1.165, 1.54) is 6.07 Å². The number of halogens is 4. The number of nitrogens with one attached hydrogen (secondary N) is 1. The van der Waals surface area contributed by atoms with Crippen LogP contribution in [0.5, 0.6) is 0 Å². The normalized spacial score (nSPS) is 20.0. The lowest BCUT2D eigenvalue weighted by atomic mass is 9.92. The minimum atomic E-state index is -4.66. The minimum Gasteiger partial charge on any atom is -0.382 e. The van der Waals surface area contributed by atoms with Crippen LogP contribution in [0.25, 0.3) is 10.8 Å². The Balaban J connectivity index is 1.05. The first kappa shape index (κ1) is 28.2. The maximum absolute atomic E-state index is 13.2. The summed E-state index contributed by atoms with van der Waals surface area (Å²) in [7, 11) is 0. The molecule has 3 aromatic carbocycles. The fraction of sp³-hybridized carbons (Fsp3) is 0.414. The van der Waals surface area contributed by atoms with E-state index in [4.69, 9.17) is 16.3 Å². The number of rotatable bonds is 7. The lowest BCUT2D eigenvalue weighted by Gasteiger charge is -2.36. The van der Waals surface area contributed by atoms with Gasteiger partial charge < -0.3 is 19.9 Å². The molecule has 2 aliphatic rings. The highest BCUT2D eigenvalue weighted by atomic mass is 35.5. The van der Waals surface area contributed by atoms with Gasteiger partial charge in [-0.2, -0.15) is 13.2 Å². The summed E-state index contributed by atoms with van der Waals surface area (Å²) >= 11 is 6.09. The summed E-state index contributed by atoms with van der Waals surface area (Å²) in [5, 5.41) is 8.53. The lowest BCUT2D eigenvalue weighted by Crippen LogP contribution is -2.50. The maximum Gasteiger partial charge on any atom is 0.418 e. The topological polar surface area (TPSA) is 74.2 Å². The second-order valence-corrected chi connectivity index (χ2v) is 10.7. The SMILES string of the molecule is O=Nc1ccc(NC2CCC(OCC(=O)N3CCN(c4ccc5cc(Cl)ccc5c4)CC3)CC2)cc1C(F)(F)F. The number of amides is 1. The summed E-state index contributed by atoms with van der Waals surface area (Å²) in [5.41, 5.74) is -0.256. The van der Waals surface area contributed by atoms with Crippen molar-refractivity contribution in [3.63, 3.8) is 0 Å². The van der Waals surface area contributed by atoms with Gasteiger partial charge in [-0.25, -0.2) is 0 Å². The molecule has 1 saturated heterocycles. The van der Waals surface area contributed by atoms with Gasteiger partial charge in [-0.3, -0.25) is 4.79 Å². The molecule has 1 saturated carbocycles. The first-order valence-electron chi connectivity index (χ1n) is 13.3. The number of anilines is 2. The number of ether oxygens (including phenoxy) is 1. The van der Waals surface area contributed by atoms with Crippen molar-refractivity contribution in [2.24, 2.45) is 5.18 Å². The van der Waals surface area contributed by atoms with Crippen molar-refractivity contribution in [3.05, 3.63) is 70.1 Å². The van der Waals surface area contributed by atoms with E-state index < -0.39 is 17.4 Å². The van der Waals surface area contributed by atoms with E-state index in [2.05, 4.69) is 33.6 Å². The van der Waals surface area contributed by atoms with Crippen LogP contribution < -0.4 is 10.2 Å². The Morgan fingerprint density at radius 1 is 0.950 bits per heavy atom. The highest BCUT2D eigenvalue weighted by Crippen LogP contribution is 2.38. The van der Waals surface area contributed by atoms with Gasteiger partial charge >= 0.3 is 6.18 Å². The van der Waals surface area contributed by atoms with Gasteiger partial charge in [-0.1, -0.05) is 23.7 Å². The zero-order valence-corrected chi connectivity index (χ0v) is 22.5. The van der Waals surface area contributed by atoms with Gasteiger partial charge in [0.05, 0.1) is 11.7 Å². The molecule has 212 valence electrons. The van der Waals surface area contributed by atoms with E-state index in [9.17, 15) is 22.9 Å². The Morgan fingerprint density at radius 2 is 1.65 bits per heavy atom. The van der Waals surface area contributed by atoms with Crippen molar-refractivity contribution in [1.29, 1.82) is 0 Å². The van der Waals surface area contributed by atoms with E-state index in [1.807, 2.05) is 23.1 Å². The third kappa shape index (κ3) is 6.67. The van der Waals surface area contributed by atoms with Crippen LogP contribution in [0.1, 0.15) is 31.2 Å². The number of carbonyl (C=O) groups excluding carboxylic acids is 1. The number of hydrogen-bond donors (Lipinski definition) is 1. The van der Waals surface area contributed by atoms with E-state index >= 15 is 0 Å². The van der Waals surface area contributed by atoms with Crippen molar-refractivity contribution < 1.29 is 22.7 Å². The number of hydrogen-bond acceptors (Lipinski definition) is 6. The standard InChI is InChI=1S/C29H30ClF3N4O3/c30-21-3-1-20-16-24(7-2-19(20)15-21)36-11-13-37(14-12-36)28(38)18-40-25-8-4-22(5-9-25)34-23-6-10-27(35-39)26(17-23)29(31,32)33/h1-3,6-7,10,15-17,22,25,34H,4-5,8-9,11-14,18H2. The zero-order chi connectivity index (χ0) is 28.3. The largest absolute Gasteiger partial charge is 0.418 e. The first-order valence-corrected chi connectivity index (χ1v) is 13.7. The van der Waals surface area contributed by atoms with E-state index in [0.717, 1.165) is 41.7 Å². The van der Waals surface area contributed by atoms with E-state index in [-0.39, 0.29) is 24.7 Å². The molecule has 1 N–H and O–H groups in total. The molecule has 3 aromatic rings. The molecule has 1 amide bonds. The number of nitrogens with zero attached hydrogens (tertiary/aromatic N) is 3. The average molecular weight is 575 g/mol. The fourth-order valence-corrected chi connectivity index (χ4v) is 5.62. The molecule has 7 nitrogen and oxygen atoms in total. The molecule has 0 aromatic heterocycles. The number of alkyl halides is 3. The van der Waals surface area contributed by atoms with Crippen molar-refractivity contribution in [3.8, 4) is 0 Å². The summed E-state index contributed by atoms with van der Waals surface area (Å²) < 4.78 is 45.5. The Hall–Kier alpha value is -3.37. The molecule has 40 heavy (non-hydrogen) atoms. The Kier molecular flexibility index (Phi) is 8.46. The van der Waals surface area contributed by atoms with Gasteiger partial charge in [-0.15, -0.1) is 4.91 Å². The molecule has 0 radical (unpaired) electrons. The second kappa shape index (κ2) is 12.0. The molecular weight excluding hydrogens is 545 g/mol. The predicted octanol–water partition coefficient (Wildman–Crippen LogP) is 7.00. The van der Waals surface area contributed by atoms with Crippen LogP contribution in [-0.2, 0) is 15.7 Å². The Bertz CT molecular complexity index is 1370. The number of nitroso groups, excluding NO2 is 1. The quantitative estimate of drug-likeness (QED) is 0.308. The number of carbonyl (C=O) groups is 1. The number of benzene rings is 3. The van der Waals surface area contributed by atoms with Crippen LogP contribution >= 0.6 is 11.6 Å². The summed E-state index contributed by atoms with van der Waals surface area (Å²) in [4.78, 5) is 27.6. The highest BCUT2D eigenvalue weighted by molar-refractivity contribution is 6.31. The monoisotopic (exact) mass is 574 g/mol. The van der Waals surface area contributed by atoms with Crippen LogP contribution in [0.3, 0.4) is 0 Å². The lowest BCUT2D eigenvalue weighted by molar-refractivity contribution is -0.139. The predicted molar refractivity (Wildman–Crippen MR) is 150 cm³/mol. The number of piperazine rings is 1. The third-order valence-electron chi connectivity index (χ3n) is 7.67. The average Bonchev–Trinajstić information content (AvgIpc) is 2.96. The van der Waals surface area contributed by atoms with Crippen molar-refractivity contribution in [1.82, 2.24) is 4.90 Å². The van der Waals surface area contributed by atoms with E-state index in [0.29, 0.717) is 49.5 Å². The molecule has 11 heteroatoms. The van der Waals surface area contributed by atoms with Gasteiger partial charge in [0, 0.05) is 48.6 Å². The van der Waals surface area contributed by atoms with Gasteiger partial charge in [0.15, 0.2) is 0 Å². The molecule has 1 heterocycles. The van der Waals surface area contributed by atoms with Crippen molar-refractivity contribution >= 4 is 45.3 Å². The van der Waals surface area contributed by atoms with Crippen LogP contribution in [0.15, 0.2) is 59.8 Å². The fourth-order valence-electron chi connectivity index (χ4n) is 5.44. The van der Waals surface area contributed by atoms with Gasteiger partial charge in [-0.05, 0) is 84.1 Å². The first-order chi connectivity index (χ1) is 19.2. The minimum absolute atomic E-state index is 0.0214. The van der Waals surface area contributed by atoms with E-state index in [1.54, 1.807) is 0 Å². The summed E-state index contributed by atoms with van der Waals surface area (Å²) in [6.45, 7) is 2.74. The second-order valence-electron chi connectivity index (χ2n) is 10.3. The summed E-state index contributed by atoms with van der Waals surface area (Å²) in [6, 6.07) is 15.5. The molecule has 0 bridgehead atoms. The Labute approximate surface area is 235 Å². The summed E-state index contributed by atoms with van der Waals surface area (Å²) in [5.74, 6) is -0.0309. The molecule has 5 rings (SSSR count). The highest BCUT2D eigenvalue weighted by Gasteiger charge is 2.35. The smallest absolute Gasteiger partial charge is 0.382 e. The van der Waals surface area contributed by atoms with Gasteiger partial charge in [0.2, 0.25) is 5.91 Å². The van der Waals surface area contributed by atoms with Crippen LogP contribution in [-0.4, -0.2) is 55.7 Å². The van der Waals surface area contributed by atoms with Crippen molar-refractivity contribution in [2.45, 2.75) is 44.0 Å². The Morgan fingerprint density at radius 3 is 2.35 bits per heavy atom. The summed E-state index contributed by atoms with van der Waals surface area (Å²) in [6.07, 6.45) is -1.92. The molecule has 0 atom stereocenters. The van der Waals surface area contributed by atoms with Crippen LogP contribution in [0, 0.1) is 4.91 Å². The zero-order valence-electron chi connectivity index (χ0n) is 21.8. The molecule has 0 unspecified atom stereocenters. The molecule has 0 spiro atoms. The number of fused-ring (bicyclic) bond motifs is 1. The van der Waals surface area contributed by atoms with Crippen LogP contribution in [0.4, 0.5) is 30.2 Å². The maximum atomic E-state index is 13.2. The van der Waals surface area contributed by atoms with Gasteiger partial charge in [0.25, 0.3) is 0 Å².